The normalized spacial score (nSPS) is 18.0. The number of benzene rings is 2. The minimum atomic E-state index is -0.498. The molecule has 2 aliphatic heterocycles. The minimum Gasteiger partial charge on any atom is -0.493 e. The number of nitriles is 1. The third-order valence-corrected chi connectivity index (χ3v) is 7.34. The average Bonchev–Trinajstić information content (AvgIpc) is 2.98. The van der Waals surface area contributed by atoms with E-state index >= 15 is 0 Å². The van der Waals surface area contributed by atoms with Crippen LogP contribution >= 0.6 is 0 Å². The standard InChI is InChI=1S/C31H37N3O7/c1-17(2)34-15-20(9-18-10-23(35-3)29(39-7)24(11-18)36-4)28-22(16-34)27(21(14-32)31(33)41-28)19-12-25(37-5)30(40-8)26(13-19)38-6/h9-13,17,27H,15-16,33H2,1-8H3/b20-9+. The molecule has 1 atom stereocenters. The van der Waals surface area contributed by atoms with E-state index in [9.17, 15) is 5.26 Å². The van der Waals surface area contributed by atoms with Crippen molar-refractivity contribution in [2.75, 3.05) is 55.7 Å². The van der Waals surface area contributed by atoms with Crippen LogP contribution in [0.3, 0.4) is 0 Å². The predicted octanol–water partition coefficient (Wildman–Crippen LogP) is 4.61. The second kappa shape index (κ2) is 12.4. The van der Waals surface area contributed by atoms with Crippen molar-refractivity contribution in [2.45, 2.75) is 25.8 Å². The molecule has 1 unspecified atom stereocenters. The van der Waals surface area contributed by atoms with E-state index in [0.717, 1.165) is 22.3 Å². The zero-order valence-corrected chi connectivity index (χ0v) is 24.8. The molecule has 10 nitrogen and oxygen atoms in total. The summed E-state index contributed by atoms with van der Waals surface area (Å²) < 4.78 is 39.6. The van der Waals surface area contributed by atoms with Crippen LogP contribution in [-0.2, 0) is 4.74 Å². The van der Waals surface area contributed by atoms with Crippen LogP contribution in [0.5, 0.6) is 34.5 Å². The van der Waals surface area contributed by atoms with Crippen LogP contribution in [0, 0.1) is 11.3 Å². The first-order chi connectivity index (χ1) is 19.7. The summed E-state index contributed by atoms with van der Waals surface area (Å²) in [6.45, 7) is 5.44. The van der Waals surface area contributed by atoms with E-state index in [1.807, 2.05) is 30.3 Å². The fourth-order valence-electron chi connectivity index (χ4n) is 5.30. The van der Waals surface area contributed by atoms with E-state index in [1.54, 1.807) is 42.7 Å². The Kier molecular flexibility index (Phi) is 8.89. The van der Waals surface area contributed by atoms with Gasteiger partial charge in [0.2, 0.25) is 17.4 Å². The Morgan fingerprint density at radius 3 is 1.80 bits per heavy atom. The van der Waals surface area contributed by atoms with Crippen LogP contribution < -0.4 is 34.2 Å². The van der Waals surface area contributed by atoms with Gasteiger partial charge in [0, 0.05) is 24.7 Å². The molecule has 0 aromatic heterocycles. The highest BCUT2D eigenvalue weighted by molar-refractivity contribution is 5.68. The highest BCUT2D eigenvalue weighted by Crippen LogP contribution is 2.48. The Labute approximate surface area is 241 Å². The summed E-state index contributed by atoms with van der Waals surface area (Å²) in [5.41, 5.74) is 10.1. The number of rotatable bonds is 9. The maximum Gasteiger partial charge on any atom is 0.205 e. The molecule has 2 N–H and O–H groups in total. The third-order valence-electron chi connectivity index (χ3n) is 7.34. The lowest BCUT2D eigenvalue weighted by molar-refractivity contribution is 0.207. The zero-order valence-electron chi connectivity index (χ0n) is 24.8. The van der Waals surface area contributed by atoms with Crippen LogP contribution in [0.15, 0.2) is 52.6 Å². The molecular formula is C31H37N3O7. The first-order valence-electron chi connectivity index (χ1n) is 13.1. The average molecular weight is 564 g/mol. The van der Waals surface area contributed by atoms with Gasteiger partial charge in [-0.3, -0.25) is 4.90 Å². The van der Waals surface area contributed by atoms with E-state index in [0.29, 0.717) is 58.9 Å². The van der Waals surface area contributed by atoms with Gasteiger partial charge in [0.15, 0.2) is 23.0 Å². The molecule has 2 aromatic rings. The second-order valence-corrected chi connectivity index (χ2v) is 9.86. The molecule has 0 radical (unpaired) electrons. The van der Waals surface area contributed by atoms with Gasteiger partial charge >= 0.3 is 0 Å². The van der Waals surface area contributed by atoms with Crippen molar-refractivity contribution >= 4 is 6.08 Å². The highest BCUT2D eigenvalue weighted by Gasteiger charge is 2.39. The largest absolute Gasteiger partial charge is 0.493 e. The van der Waals surface area contributed by atoms with Gasteiger partial charge in [0.05, 0.1) is 48.6 Å². The molecule has 0 bridgehead atoms. The number of methoxy groups -OCH3 is 6. The number of nitrogens with zero attached hydrogens (tertiary/aromatic N) is 2. The molecule has 2 aromatic carbocycles. The van der Waals surface area contributed by atoms with Gasteiger partial charge in [-0.05, 0) is 60.9 Å². The Balaban J connectivity index is 1.96. The monoisotopic (exact) mass is 563 g/mol. The van der Waals surface area contributed by atoms with E-state index in [1.165, 1.54) is 0 Å². The van der Waals surface area contributed by atoms with Crippen molar-refractivity contribution in [1.82, 2.24) is 4.90 Å². The molecule has 0 aliphatic carbocycles. The zero-order chi connectivity index (χ0) is 29.8. The Morgan fingerprint density at radius 1 is 0.854 bits per heavy atom. The molecule has 4 rings (SSSR count). The summed E-state index contributed by atoms with van der Waals surface area (Å²) in [4.78, 5) is 2.31. The predicted molar refractivity (Wildman–Crippen MR) is 155 cm³/mol. The molecule has 0 saturated carbocycles. The van der Waals surface area contributed by atoms with Gasteiger partial charge in [0.25, 0.3) is 0 Å². The number of hydrogen-bond acceptors (Lipinski definition) is 10. The first kappa shape index (κ1) is 29.5. The van der Waals surface area contributed by atoms with E-state index in [4.69, 9.17) is 38.9 Å². The van der Waals surface area contributed by atoms with Crippen molar-refractivity contribution in [1.29, 1.82) is 5.26 Å². The summed E-state index contributed by atoms with van der Waals surface area (Å²) in [5, 5.41) is 10.2. The van der Waals surface area contributed by atoms with Crippen LogP contribution in [0.1, 0.15) is 30.9 Å². The molecular weight excluding hydrogens is 526 g/mol. The topological polar surface area (TPSA) is 118 Å². The summed E-state index contributed by atoms with van der Waals surface area (Å²) in [6.07, 6.45) is 2.02. The molecule has 218 valence electrons. The summed E-state index contributed by atoms with van der Waals surface area (Å²) in [6, 6.07) is 9.95. The molecule has 0 amide bonds. The van der Waals surface area contributed by atoms with Crippen molar-refractivity contribution in [3.05, 3.63) is 63.8 Å². The summed E-state index contributed by atoms with van der Waals surface area (Å²) in [5.74, 6) is 3.20. The van der Waals surface area contributed by atoms with Gasteiger partial charge in [-0.15, -0.1) is 0 Å². The molecule has 10 heteroatoms. The van der Waals surface area contributed by atoms with Crippen molar-refractivity contribution in [3.63, 3.8) is 0 Å². The molecule has 2 heterocycles. The third kappa shape index (κ3) is 5.45. The van der Waals surface area contributed by atoms with Gasteiger partial charge in [-0.2, -0.15) is 5.26 Å². The highest BCUT2D eigenvalue weighted by atomic mass is 16.5. The fourth-order valence-corrected chi connectivity index (χ4v) is 5.30. The van der Waals surface area contributed by atoms with Crippen LogP contribution in [0.2, 0.25) is 0 Å². The number of ether oxygens (including phenoxy) is 7. The van der Waals surface area contributed by atoms with Gasteiger partial charge < -0.3 is 38.9 Å². The number of allylic oxidation sites excluding steroid dienone is 1. The van der Waals surface area contributed by atoms with E-state index in [2.05, 4.69) is 24.8 Å². The molecule has 0 saturated heterocycles. The molecule has 0 spiro atoms. The Bertz CT molecular complexity index is 1400. The van der Waals surface area contributed by atoms with Gasteiger partial charge in [-0.25, -0.2) is 0 Å². The van der Waals surface area contributed by atoms with Crippen molar-refractivity contribution in [2.24, 2.45) is 5.73 Å². The Hall–Kier alpha value is -4.49. The quantitative estimate of drug-likeness (QED) is 0.464. The van der Waals surface area contributed by atoms with E-state index < -0.39 is 5.92 Å². The van der Waals surface area contributed by atoms with Crippen LogP contribution in [-0.4, -0.2) is 66.7 Å². The van der Waals surface area contributed by atoms with Crippen molar-refractivity contribution < 1.29 is 33.2 Å². The van der Waals surface area contributed by atoms with Crippen molar-refractivity contribution in [3.8, 4) is 40.6 Å². The first-order valence-corrected chi connectivity index (χ1v) is 13.1. The van der Waals surface area contributed by atoms with Crippen LogP contribution in [0.25, 0.3) is 6.08 Å². The summed E-state index contributed by atoms with van der Waals surface area (Å²) >= 11 is 0. The molecule has 0 fully saturated rings. The minimum absolute atomic E-state index is 0.0544. The SMILES string of the molecule is COc1cc(/C=C2\CN(C(C)C)CC3=C2OC(N)=C(C#N)C3c2cc(OC)c(OC)c(OC)c2)cc(OC)c1OC. The van der Waals surface area contributed by atoms with Gasteiger partial charge in [-0.1, -0.05) is 0 Å². The van der Waals surface area contributed by atoms with Crippen LogP contribution in [0.4, 0.5) is 0 Å². The maximum absolute atomic E-state index is 10.2. The van der Waals surface area contributed by atoms with Gasteiger partial charge in [0.1, 0.15) is 17.4 Å². The molecule has 41 heavy (non-hydrogen) atoms. The smallest absolute Gasteiger partial charge is 0.205 e. The summed E-state index contributed by atoms with van der Waals surface area (Å²) in [7, 11) is 9.40. The Morgan fingerprint density at radius 2 is 1.37 bits per heavy atom. The molecule has 2 aliphatic rings. The van der Waals surface area contributed by atoms with E-state index in [-0.39, 0.29) is 11.9 Å². The fraction of sp³-hybridized carbons (Fsp3) is 0.387. The second-order valence-electron chi connectivity index (χ2n) is 9.86. The lowest BCUT2D eigenvalue weighted by atomic mass is 9.79. The maximum atomic E-state index is 10.2. The number of hydrogen-bond donors (Lipinski definition) is 1. The lowest BCUT2D eigenvalue weighted by Crippen LogP contribution is -2.41. The number of nitrogens with two attached hydrogens (primary N) is 1. The lowest BCUT2D eigenvalue weighted by Gasteiger charge is -2.40.